The van der Waals surface area contributed by atoms with E-state index in [0.29, 0.717) is 11.5 Å². The second-order valence-electron chi connectivity index (χ2n) is 3.90. The summed E-state index contributed by atoms with van der Waals surface area (Å²) >= 11 is 1.30. The summed E-state index contributed by atoms with van der Waals surface area (Å²) in [5, 5.41) is 4.01. The molecule has 2 aromatic rings. The Labute approximate surface area is 115 Å². The molecule has 1 unspecified atom stereocenters. The Bertz CT molecular complexity index is 536. The highest BCUT2D eigenvalue weighted by Crippen LogP contribution is 2.38. The van der Waals surface area contributed by atoms with Crippen LogP contribution in [0.2, 0.25) is 0 Å². The van der Waals surface area contributed by atoms with Crippen molar-refractivity contribution in [2.75, 3.05) is 14.2 Å². The predicted octanol–water partition coefficient (Wildman–Crippen LogP) is 1.42. The highest BCUT2D eigenvalue weighted by molar-refractivity contribution is 7.05. The summed E-state index contributed by atoms with van der Waals surface area (Å²) in [7, 11) is 3.23. The van der Waals surface area contributed by atoms with Crippen LogP contribution in [-0.2, 0) is 0 Å². The van der Waals surface area contributed by atoms with Gasteiger partial charge in [0, 0.05) is 0 Å². The fraction of sp³-hybridized carbons (Fsp3) is 0.333. The molecule has 1 aromatic heterocycles. The molecular formula is C12H16N4O2S. The molecule has 19 heavy (non-hydrogen) atoms. The Morgan fingerprint density at radius 2 is 1.89 bits per heavy atom. The zero-order chi connectivity index (χ0) is 13.8. The van der Waals surface area contributed by atoms with E-state index >= 15 is 0 Å². The molecule has 2 rings (SSSR count). The van der Waals surface area contributed by atoms with Gasteiger partial charge in [0.25, 0.3) is 0 Å². The number of aromatic nitrogens is 2. The molecule has 0 fully saturated rings. The van der Waals surface area contributed by atoms with E-state index in [0.717, 1.165) is 16.1 Å². The van der Waals surface area contributed by atoms with Gasteiger partial charge in [-0.25, -0.2) is 5.43 Å². The first-order chi connectivity index (χ1) is 9.22. The summed E-state index contributed by atoms with van der Waals surface area (Å²) in [5.74, 6) is 7.11. The molecule has 1 atom stereocenters. The number of aryl methyl sites for hydroxylation is 1. The summed E-state index contributed by atoms with van der Waals surface area (Å²) in [6.45, 7) is 1.89. The van der Waals surface area contributed by atoms with Gasteiger partial charge in [0.1, 0.15) is 11.5 Å². The number of nitrogens with one attached hydrogen (secondary N) is 1. The Hall–Kier alpha value is -1.70. The molecule has 0 radical (unpaired) electrons. The summed E-state index contributed by atoms with van der Waals surface area (Å²) in [5.41, 5.74) is 4.45. The predicted molar refractivity (Wildman–Crippen MR) is 73.4 cm³/mol. The van der Waals surface area contributed by atoms with E-state index in [-0.39, 0.29) is 6.04 Å². The molecule has 0 aliphatic rings. The number of rotatable bonds is 5. The topological polar surface area (TPSA) is 82.3 Å². The number of benzene rings is 1. The monoisotopic (exact) mass is 280 g/mol. The van der Waals surface area contributed by atoms with Crippen LogP contribution in [0.3, 0.4) is 0 Å². The SMILES string of the molecule is COc1cccc(OC)c1C(NN)c1snnc1C. The maximum atomic E-state index is 5.70. The van der Waals surface area contributed by atoms with Crippen LogP contribution >= 0.6 is 11.5 Å². The summed E-state index contributed by atoms with van der Waals surface area (Å²) < 4.78 is 14.7. The van der Waals surface area contributed by atoms with Gasteiger partial charge in [-0.1, -0.05) is 10.6 Å². The summed E-state index contributed by atoms with van der Waals surface area (Å²) in [4.78, 5) is 0.935. The average Bonchev–Trinajstić information content (AvgIpc) is 2.86. The fourth-order valence-electron chi connectivity index (χ4n) is 1.96. The van der Waals surface area contributed by atoms with Crippen LogP contribution < -0.4 is 20.7 Å². The van der Waals surface area contributed by atoms with Gasteiger partial charge in [-0.3, -0.25) is 5.84 Å². The lowest BCUT2D eigenvalue weighted by atomic mass is 10.0. The molecular weight excluding hydrogens is 264 g/mol. The molecule has 7 heteroatoms. The van der Waals surface area contributed by atoms with Gasteiger partial charge in [-0.2, -0.15) is 0 Å². The molecule has 1 heterocycles. The number of ether oxygens (including phenoxy) is 2. The highest BCUT2D eigenvalue weighted by atomic mass is 32.1. The van der Waals surface area contributed by atoms with Crippen molar-refractivity contribution in [1.29, 1.82) is 0 Å². The van der Waals surface area contributed by atoms with Gasteiger partial charge in [-0.05, 0) is 30.6 Å². The van der Waals surface area contributed by atoms with Crippen molar-refractivity contribution >= 4 is 11.5 Å². The molecule has 0 bridgehead atoms. The van der Waals surface area contributed by atoms with Crippen molar-refractivity contribution in [3.05, 3.63) is 34.3 Å². The molecule has 0 aliphatic carbocycles. The largest absolute Gasteiger partial charge is 0.496 e. The van der Waals surface area contributed by atoms with E-state index in [1.54, 1.807) is 14.2 Å². The molecule has 3 N–H and O–H groups in total. The molecule has 0 saturated carbocycles. The zero-order valence-corrected chi connectivity index (χ0v) is 11.8. The number of hydrogen-bond acceptors (Lipinski definition) is 7. The Kier molecular flexibility index (Phi) is 4.31. The van der Waals surface area contributed by atoms with Crippen LogP contribution in [0, 0.1) is 6.92 Å². The van der Waals surface area contributed by atoms with E-state index in [2.05, 4.69) is 15.0 Å². The molecule has 6 nitrogen and oxygen atoms in total. The minimum atomic E-state index is -0.272. The fourth-order valence-corrected chi connectivity index (χ4v) is 2.67. The van der Waals surface area contributed by atoms with Crippen molar-refractivity contribution < 1.29 is 9.47 Å². The van der Waals surface area contributed by atoms with E-state index in [9.17, 15) is 0 Å². The van der Waals surface area contributed by atoms with Gasteiger partial charge in [0.05, 0.1) is 36.4 Å². The maximum Gasteiger partial charge on any atom is 0.127 e. The minimum Gasteiger partial charge on any atom is -0.496 e. The quantitative estimate of drug-likeness (QED) is 0.636. The van der Waals surface area contributed by atoms with Gasteiger partial charge in [0.2, 0.25) is 0 Å². The second kappa shape index (κ2) is 5.96. The van der Waals surface area contributed by atoms with E-state index in [1.165, 1.54) is 11.5 Å². The first-order valence-corrected chi connectivity index (χ1v) is 6.46. The number of nitrogens with two attached hydrogens (primary N) is 1. The van der Waals surface area contributed by atoms with E-state index < -0.39 is 0 Å². The lowest BCUT2D eigenvalue weighted by molar-refractivity contribution is 0.377. The minimum absolute atomic E-state index is 0.272. The van der Waals surface area contributed by atoms with Crippen LogP contribution in [0.25, 0.3) is 0 Å². The van der Waals surface area contributed by atoms with Crippen molar-refractivity contribution in [3.8, 4) is 11.5 Å². The number of hydrogen-bond donors (Lipinski definition) is 2. The lowest BCUT2D eigenvalue weighted by Crippen LogP contribution is -2.29. The van der Waals surface area contributed by atoms with Gasteiger partial charge in [-0.15, -0.1) is 5.10 Å². The van der Waals surface area contributed by atoms with Crippen molar-refractivity contribution in [3.63, 3.8) is 0 Å². The molecule has 1 aromatic carbocycles. The van der Waals surface area contributed by atoms with Crippen LogP contribution in [0.4, 0.5) is 0 Å². The Balaban J connectivity index is 2.57. The van der Waals surface area contributed by atoms with E-state index in [1.807, 2.05) is 25.1 Å². The van der Waals surface area contributed by atoms with Gasteiger partial charge >= 0.3 is 0 Å². The van der Waals surface area contributed by atoms with Gasteiger partial charge < -0.3 is 9.47 Å². The van der Waals surface area contributed by atoms with Crippen molar-refractivity contribution in [2.24, 2.45) is 5.84 Å². The molecule has 102 valence electrons. The normalized spacial score (nSPS) is 12.2. The Morgan fingerprint density at radius 3 is 2.32 bits per heavy atom. The standard InChI is InChI=1S/C12H16N4O2S/c1-7-12(19-16-15-7)11(14-13)10-8(17-2)5-4-6-9(10)18-3/h4-6,11,14H,13H2,1-3H3. The summed E-state index contributed by atoms with van der Waals surface area (Å²) in [6, 6.07) is 5.33. The van der Waals surface area contributed by atoms with Crippen LogP contribution in [0.15, 0.2) is 18.2 Å². The molecule has 0 aliphatic heterocycles. The first kappa shape index (κ1) is 13.7. The molecule has 0 spiro atoms. The third-order valence-corrected chi connectivity index (χ3v) is 3.76. The van der Waals surface area contributed by atoms with E-state index in [4.69, 9.17) is 15.3 Å². The van der Waals surface area contributed by atoms with Crippen LogP contribution in [0.5, 0.6) is 11.5 Å². The number of hydrazine groups is 1. The number of methoxy groups -OCH3 is 2. The van der Waals surface area contributed by atoms with Crippen LogP contribution in [0.1, 0.15) is 22.2 Å². The smallest absolute Gasteiger partial charge is 0.127 e. The third-order valence-electron chi connectivity index (χ3n) is 2.87. The van der Waals surface area contributed by atoms with Gasteiger partial charge in [0.15, 0.2) is 0 Å². The van der Waals surface area contributed by atoms with Crippen LogP contribution in [-0.4, -0.2) is 23.8 Å². The molecule has 0 saturated heterocycles. The van der Waals surface area contributed by atoms with Crippen molar-refractivity contribution in [2.45, 2.75) is 13.0 Å². The summed E-state index contributed by atoms with van der Waals surface area (Å²) in [6.07, 6.45) is 0. The maximum absolute atomic E-state index is 5.70. The second-order valence-corrected chi connectivity index (χ2v) is 4.68. The highest BCUT2D eigenvalue weighted by Gasteiger charge is 2.25. The zero-order valence-electron chi connectivity index (χ0n) is 11.0. The Morgan fingerprint density at radius 1 is 1.26 bits per heavy atom. The third kappa shape index (κ3) is 2.53. The first-order valence-electron chi connectivity index (χ1n) is 5.68. The lowest BCUT2D eigenvalue weighted by Gasteiger charge is -2.20. The van der Waals surface area contributed by atoms with Crippen molar-refractivity contribution in [1.82, 2.24) is 15.0 Å². The average molecular weight is 280 g/mol. The number of nitrogens with zero attached hydrogens (tertiary/aromatic N) is 2. The molecule has 0 amide bonds.